The van der Waals surface area contributed by atoms with E-state index in [-0.39, 0.29) is 24.1 Å². The van der Waals surface area contributed by atoms with Gasteiger partial charge < -0.3 is 9.16 Å². The van der Waals surface area contributed by atoms with E-state index in [0.717, 1.165) is 49.4 Å². The Labute approximate surface area is 155 Å². The summed E-state index contributed by atoms with van der Waals surface area (Å²) in [6.07, 6.45) is 4.62. The molecule has 0 N–H and O–H groups in total. The van der Waals surface area contributed by atoms with Gasteiger partial charge in [0.25, 0.3) is 0 Å². The van der Waals surface area contributed by atoms with Crippen LogP contribution in [0.2, 0.25) is 18.1 Å². The van der Waals surface area contributed by atoms with Gasteiger partial charge in [-0.3, -0.25) is 4.79 Å². The molecule has 1 heterocycles. The van der Waals surface area contributed by atoms with Crippen molar-refractivity contribution in [2.24, 2.45) is 11.8 Å². The maximum atomic E-state index is 12.2. The highest BCUT2D eigenvalue weighted by Crippen LogP contribution is 2.43. The zero-order valence-electron chi connectivity index (χ0n) is 16.6. The zero-order valence-corrected chi connectivity index (χ0v) is 17.6. The Kier molecular flexibility index (Phi) is 7.09. The van der Waals surface area contributed by atoms with E-state index in [1.807, 2.05) is 0 Å². The van der Waals surface area contributed by atoms with Crippen LogP contribution < -0.4 is 0 Å². The van der Waals surface area contributed by atoms with Crippen LogP contribution in [0.1, 0.15) is 59.8 Å². The summed E-state index contributed by atoms with van der Waals surface area (Å²) in [5.74, 6) is 0.385. The molecule has 1 aliphatic carbocycles. The molecule has 0 aromatic rings. The third-order valence-electron chi connectivity index (χ3n) is 6.39. The lowest BCUT2D eigenvalue weighted by molar-refractivity contribution is -0.143. The second-order valence-electron chi connectivity index (χ2n) is 8.04. The summed E-state index contributed by atoms with van der Waals surface area (Å²) in [4.78, 5) is 12.2. The Morgan fingerprint density at radius 1 is 1.32 bits per heavy atom. The number of rotatable bonds is 9. The maximum Gasteiger partial charge on any atom is 0.306 e. The fraction of sp³-hybridized carbons (Fsp3) is 0.762. The van der Waals surface area contributed by atoms with E-state index in [4.69, 9.17) is 9.16 Å². The van der Waals surface area contributed by atoms with E-state index in [9.17, 15) is 4.79 Å². The van der Waals surface area contributed by atoms with E-state index in [2.05, 4.69) is 40.9 Å². The highest BCUT2D eigenvalue weighted by atomic mass is 28.4. The fourth-order valence-electron chi connectivity index (χ4n) is 4.60. The molecule has 1 saturated heterocycles. The molecule has 4 atom stereocenters. The predicted molar refractivity (Wildman–Crippen MR) is 106 cm³/mol. The normalized spacial score (nSPS) is 28.2. The summed E-state index contributed by atoms with van der Waals surface area (Å²) in [5.41, 5.74) is 2.38. The molecule has 0 unspecified atom stereocenters. The quantitative estimate of drug-likeness (QED) is 0.302. The van der Waals surface area contributed by atoms with E-state index in [1.54, 1.807) is 0 Å². The van der Waals surface area contributed by atoms with Crippen LogP contribution in [0.25, 0.3) is 0 Å². The molecule has 0 amide bonds. The molecule has 3 nitrogen and oxygen atoms in total. The summed E-state index contributed by atoms with van der Waals surface area (Å²) >= 11 is 0. The second-order valence-corrected chi connectivity index (χ2v) is 12.8. The van der Waals surface area contributed by atoms with Gasteiger partial charge in [-0.25, -0.2) is 0 Å². The van der Waals surface area contributed by atoms with E-state index >= 15 is 0 Å². The first-order valence-electron chi connectivity index (χ1n) is 10.0. The summed E-state index contributed by atoms with van der Waals surface area (Å²) in [7, 11) is -1.75. The van der Waals surface area contributed by atoms with Gasteiger partial charge >= 0.3 is 5.97 Å². The van der Waals surface area contributed by atoms with Crippen LogP contribution in [-0.2, 0) is 14.0 Å². The first kappa shape index (κ1) is 20.4. The van der Waals surface area contributed by atoms with Gasteiger partial charge in [0.05, 0.1) is 12.5 Å². The molecule has 142 valence electrons. The van der Waals surface area contributed by atoms with Gasteiger partial charge in [-0.1, -0.05) is 38.5 Å². The minimum atomic E-state index is -1.75. The smallest absolute Gasteiger partial charge is 0.306 e. The first-order valence-corrected chi connectivity index (χ1v) is 12.6. The van der Waals surface area contributed by atoms with Crippen LogP contribution in [0.3, 0.4) is 0 Å². The predicted octanol–water partition coefficient (Wildman–Crippen LogP) is 5.63. The number of esters is 1. The van der Waals surface area contributed by atoms with Gasteiger partial charge in [0, 0.05) is 11.8 Å². The van der Waals surface area contributed by atoms with Crippen LogP contribution >= 0.6 is 0 Å². The van der Waals surface area contributed by atoms with Crippen molar-refractivity contribution in [1.82, 2.24) is 0 Å². The van der Waals surface area contributed by atoms with Gasteiger partial charge in [-0.05, 0) is 50.7 Å². The average Bonchev–Trinajstić information content (AvgIpc) is 3.16. The monoisotopic (exact) mass is 364 g/mol. The largest absolute Gasteiger partial charge is 0.461 e. The van der Waals surface area contributed by atoms with Crippen molar-refractivity contribution in [3.63, 3.8) is 0 Å². The van der Waals surface area contributed by atoms with Gasteiger partial charge in [0.1, 0.15) is 6.10 Å². The Morgan fingerprint density at radius 3 is 2.44 bits per heavy atom. The van der Waals surface area contributed by atoms with Gasteiger partial charge in [0.2, 0.25) is 0 Å². The minimum absolute atomic E-state index is 0.0499. The summed E-state index contributed by atoms with van der Waals surface area (Å²) < 4.78 is 12.7. The van der Waals surface area contributed by atoms with E-state index in [1.165, 1.54) is 5.57 Å². The molecule has 0 aromatic carbocycles. The number of ether oxygens (including phenoxy) is 1. The maximum absolute atomic E-state index is 12.2. The van der Waals surface area contributed by atoms with Crippen molar-refractivity contribution in [1.29, 1.82) is 0 Å². The highest BCUT2D eigenvalue weighted by Gasteiger charge is 2.47. The van der Waals surface area contributed by atoms with E-state index in [0.29, 0.717) is 12.3 Å². The highest BCUT2D eigenvalue weighted by molar-refractivity contribution is 6.73. The molecule has 1 aliphatic heterocycles. The molecular formula is C21H36O3Si. The standard InChI is InChI=1S/C21H36O3Si/c1-7-25(8-2,9-3)24-19(13-15(4)5)18-14-20(22)23-21(18)17-12-10-11-16(17)6/h17-19,21H,4,6-14H2,1-3,5H3/t17-,18+,19-,21+/m0/s1. The molecule has 2 rings (SSSR count). The molecule has 2 aliphatic rings. The third kappa shape index (κ3) is 4.65. The minimum Gasteiger partial charge on any atom is -0.461 e. The molecule has 2 fully saturated rings. The topological polar surface area (TPSA) is 35.5 Å². The average molecular weight is 365 g/mol. The van der Waals surface area contributed by atoms with Crippen LogP contribution in [0, 0.1) is 11.8 Å². The Bertz CT molecular complexity index is 501. The van der Waals surface area contributed by atoms with Crippen LogP contribution in [-0.4, -0.2) is 26.5 Å². The van der Waals surface area contributed by atoms with Crippen molar-refractivity contribution in [3.05, 3.63) is 24.3 Å². The lowest BCUT2D eigenvalue weighted by atomic mass is 9.82. The molecule has 0 radical (unpaired) electrons. The molecule has 4 heteroatoms. The van der Waals surface area contributed by atoms with Gasteiger partial charge in [-0.15, -0.1) is 6.58 Å². The fourth-order valence-corrected chi connectivity index (χ4v) is 7.50. The van der Waals surface area contributed by atoms with Crippen LogP contribution in [0.15, 0.2) is 24.3 Å². The van der Waals surface area contributed by atoms with Gasteiger partial charge in [-0.2, -0.15) is 0 Å². The van der Waals surface area contributed by atoms with Crippen molar-refractivity contribution < 1.29 is 14.0 Å². The molecule has 0 aromatic heterocycles. The van der Waals surface area contributed by atoms with Crippen molar-refractivity contribution >= 4 is 14.3 Å². The SMILES string of the molecule is C=C(C)C[C@H](O[Si](CC)(CC)CC)[C@H]1CC(=O)O[C@@H]1[C@H]1CCCC1=C. The number of carbonyl (C=O) groups excluding carboxylic acids is 1. The second kappa shape index (κ2) is 8.68. The number of hydrogen-bond donors (Lipinski definition) is 0. The third-order valence-corrected chi connectivity index (χ3v) is 11.1. The van der Waals surface area contributed by atoms with Gasteiger partial charge in [0.15, 0.2) is 8.32 Å². The molecule has 0 spiro atoms. The van der Waals surface area contributed by atoms with Crippen molar-refractivity contribution in [3.8, 4) is 0 Å². The molecule has 25 heavy (non-hydrogen) atoms. The molecule has 0 bridgehead atoms. The van der Waals surface area contributed by atoms with Crippen LogP contribution in [0.5, 0.6) is 0 Å². The first-order chi connectivity index (χ1) is 11.9. The number of hydrogen-bond acceptors (Lipinski definition) is 3. The number of carbonyl (C=O) groups is 1. The van der Waals surface area contributed by atoms with Crippen molar-refractivity contribution in [2.75, 3.05) is 0 Å². The Balaban J connectivity index is 2.26. The molecular weight excluding hydrogens is 328 g/mol. The Hall–Kier alpha value is -0.873. The van der Waals surface area contributed by atoms with Crippen LogP contribution in [0.4, 0.5) is 0 Å². The summed E-state index contributed by atoms with van der Waals surface area (Å²) in [5, 5.41) is 0. The summed E-state index contributed by atoms with van der Waals surface area (Å²) in [6.45, 7) is 17.2. The Morgan fingerprint density at radius 2 is 1.96 bits per heavy atom. The van der Waals surface area contributed by atoms with E-state index < -0.39 is 8.32 Å². The lowest BCUT2D eigenvalue weighted by Gasteiger charge is -2.38. The molecule has 1 saturated carbocycles. The zero-order chi connectivity index (χ0) is 18.6. The summed E-state index contributed by atoms with van der Waals surface area (Å²) in [6, 6.07) is 3.36. The van der Waals surface area contributed by atoms with Crippen molar-refractivity contribution in [2.45, 2.75) is 90.1 Å². The lowest BCUT2D eigenvalue weighted by Crippen LogP contribution is -2.45. The number of cyclic esters (lactones) is 1.